The average molecular weight is 227 g/mol. The summed E-state index contributed by atoms with van der Waals surface area (Å²) in [6.07, 6.45) is -4.51. The molecule has 0 aliphatic heterocycles. The Morgan fingerprint density at radius 2 is 1.94 bits per heavy atom. The number of alkyl halides is 3. The van der Waals surface area contributed by atoms with Gasteiger partial charge in [-0.05, 0) is 19.1 Å². The highest BCUT2D eigenvalue weighted by atomic mass is 19.4. The van der Waals surface area contributed by atoms with Crippen molar-refractivity contribution >= 4 is 10.9 Å². The molecule has 5 heteroatoms. The van der Waals surface area contributed by atoms with Crippen LogP contribution in [0.15, 0.2) is 29.1 Å². The summed E-state index contributed by atoms with van der Waals surface area (Å²) in [5.74, 6) is 0. The van der Waals surface area contributed by atoms with Crippen molar-refractivity contribution in [3.8, 4) is 0 Å². The second kappa shape index (κ2) is 3.37. The number of hydrogen-bond acceptors (Lipinski definition) is 1. The van der Waals surface area contributed by atoms with Gasteiger partial charge in [0.05, 0.1) is 16.5 Å². The predicted molar refractivity (Wildman–Crippen MR) is 54.3 cm³/mol. The molecule has 0 spiro atoms. The van der Waals surface area contributed by atoms with E-state index in [4.69, 9.17) is 0 Å². The fourth-order valence-corrected chi connectivity index (χ4v) is 1.68. The molecule has 2 aromatic rings. The lowest BCUT2D eigenvalue weighted by atomic mass is 10.1. The first-order chi connectivity index (χ1) is 7.39. The third kappa shape index (κ3) is 1.68. The topological polar surface area (TPSA) is 32.9 Å². The van der Waals surface area contributed by atoms with E-state index < -0.39 is 17.2 Å². The second-order valence-electron chi connectivity index (χ2n) is 3.54. The van der Waals surface area contributed by atoms with Gasteiger partial charge < -0.3 is 4.98 Å². The molecular weight excluding hydrogens is 219 g/mol. The molecule has 1 aromatic carbocycles. The lowest BCUT2D eigenvalue weighted by molar-refractivity contribution is -0.136. The zero-order valence-corrected chi connectivity index (χ0v) is 8.35. The van der Waals surface area contributed by atoms with Crippen LogP contribution in [-0.4, -0.2) is 4.98 Å². The first-order valence-corrected chi connectivity index (χ1v) is 4.59. The van der Waals surface area contributed by atoms with Crippen molar-refractivity contribution in [2.24, 2.45) is 0 Å². The van der Waals surface area contributed by atoms with E-state index in [1.54, 1.807) is 6.92 Å². The van der Waals surface area contributed by atoms with E-state index in [1.165, 1.54) is 12.1 Å². The van der Waals surface area contributed by atoms with Gasteiger partial charge in [-0.3, -0.25) is 4.79 Å². The smallest absolute Gasteiger partial charge is 0.358 e. The van der Waals surface area contributed by atoms with Crippen molar-refractivity contribution in [1.82, 2.24) is 4.98 Å². The molecule has 0 radical (unpaired) electrons. The summed E-state index contributed by atoms with van der Waals surface area (Å²) < 4.78 is 37.9. The molecule has 0 saturated carbocycles. The van der Waals surface area contributed by atoms with E-state index in [0.29, 0.717) is 5.69 Å². The number of rotatable bonds is 0. The van der Waals surface area contributed by atoms with Gasteiger partial charge in [0.2, 0.25) is 0 Å². The van der Waals surface area contributed by atoms with Gasteiger partial charge in [0.1, 0.15) is 0 Å². The predicted octanol–water partition coefficient (Wildman–Crippen LogP) is 2.86. The zero-order chi connectivity index (χ0) is 11.9. The number of benzene rings is 1. The molecular formula is C11H8F3NO. The molecule has 0 aliphatic carbocycles. The summed E-state index contributed by atoms with van der Waals surface area (Å²) in [5, 5.41) is -0.305. The van der Waals surface area contributed by atoms with Gasteiger partial charge in [0, 0.05) is 11.8 Å². The van der Waals surface area contributed by atoms with E-state index in [-0.39, 0.29) is 10.9 Å². The number of fused-ring (bicyclic) bond motifs is 1. The van der Waals surface area contributed by atoms with Crippen LogP contribution >= 0.6 is 0 Å². The van der Waals surface area contributed by atoms with Crippen LogP contribution in [-0.2, 0) is 6.18 Å². The number of pyridine rings is 1. The number of halogens is 3. The fraction of sp³-hybridized carbons (Fsp3) is 0.182. The summed E-state index contributed by atoms with van der Waals surface area (Å²) >= 11 is 0. The van der Waals surface area contributed by atoms with E-state index in [2.05, 4.69) is 4.98 Å². The number of aromatic nitrogens is 1. The number of nitrogens with one attached hydrogen (secondary N) is 1. The molecule has 1 aromatic heterocycles. The Kier molecular flexibility index (Phi) is 2.26. The molecule has 84 valence electrons. The molecule has 1 heterocycles. The van der Waals surface area contributed by atoms with Gasteiger partial charge in [-0.2, -0.15) is 13.2 Å². The molecule has 0 amide bonds. The van der Waals surface area contributed by atoms with Gasteiger partial charge in [-0.1, -0.05) is 6.07 Å². The lowest BCUT2D eigenvalue weighted by Gasteiger charge is -2.09. The molecule has 1 N–H and O–H groups in total. The number of H-pyrrole nitrogens is 1. The summed E-state index contributed by atoms with van der Waals surface area (Å²) in [6, 6.07) is 4.81. The van der Waals surface area contributed by atoms with Gasteiger partial charge in [-0.25, -0.2) is 0 Å². The van der Waals surface area contributed by atoms with Crippen molar-refractivity contribution in [3.05, 3.63) is 45.7 Å². The fourth-order valence-electron chi connectivity index (χ4n) is 1.68. The molecule has 2 nitrogen and oxygen atoms in total. The van der Waals surface area contributed by atoms with Crippen molar-refractivity contribution in [1.29, 1.82) is 0 Å². The Morgan fingerprint density at radius 1 is 1.25 bits per heavy atom. The molecule has 16 heavy (non-hydrogen) atoms. The van der Waals surface area contributed by atoms with Gasteiger partial charge in [-0.15, -0.1) is 0 Å². The third-order valence-corrected chi connectivity index (χ3v) is 2.30. The average Bonchev–Trinajstić information content (AvgIpc) is 2.14. The standard InChI is InChI=1S/C11H8F3NO/c1-6-5-9(16)10-7(11(12,13)14)3-2-4-8(10)15-6/h2-5H,1H3,(H,15,16). The second-order valence-corrected chi connectivity index (χ2v) is 3.54. The normalized spacial score (nSPS) is 12.0. The summed E-state index contributed by atoms with van der Waals surface area (Å²) in [5.41, 5.74) is -0.762. The Morgan fingerprint density at radius 3 is 2.56 bits per heavy atom. The molecule has 0 atom stereocenters. The van der Waals surface area contributed by atoms with Crippen molar-refractivity contribution in [2.45, 2.75) is 13.1 Å². The van der Waals surface area contributed by atoms with Crippen LogP contribution in [0.4, 0.5) is 13.2 Å². The van der Waals surface area contributed by atoms with Crippen LogP contribution in [0.3, 0.4) is 0 Å². The highest BCUT2D eigenvalue weighted by Crippen LogP contribution is 2.32. The zero-order valence-electron chi connectivity index (χ0n) is 8.35. The minimum absolute atomic E-state index is 0.208. The van der Waals surface area contributed by atoms with Crippen LogP contribution in [0, 0.1) is 6.92 Å². The van der Waals surface area contributed by atoms with Gasteiger partial charge >= 0.3 is 6.18 Å². The third-order valence-electron chi connectivity index (χ3n) is 2.30. The molecule has 0 saturated heterocycles. The Labute approximate surface area is 88.7 Å². The molecule has 0 fully saturated rings. The summed E-state index contributed by atoms with van der Waals surface area (Å²) in [6.45, 7) is 1.63. The van der Waals surface area contributed by atoms with Crippen LogP contribution in [0.25, 0.3) is 10.9 Å². The highest BCUT2D eigenvalue weighted by Gasteiger charge is 2.33. The van der Waals surface area contributed by atoms with Crippen LogP contribution in [0.1, 0.15) is 11.3 Å². The van der Waals surface area contributed by atoms with Crippen molar-refractivity contribution < 1.29 is 13.2 Å². The van der Waals surface area contributed by atoms with Crippen LogP contribution in [0.2, 0.25) is 0 Å². The summed E-state index contributed by atoms with van der Waals surface area (Å²) in [7, 11) is 0. The Hall–Kier alpha value is -1.78. The van der Waals surface area contributed by atoms with E-state index in [0.717, 1.165) is 12.1 Å². The van der Waals surface area contributed by atoms with Gasteiger partial charge in [0.25, 0.3) is 0 Å². The Bertz CT molecular complexity index is 598. The monoisotopic (exact) mass is 227 g/mol. The highest BCUT2D eigenvalue weighted by molar-refractivity contribution is 5.82. The minimum atomic E-state index is -4.51. The van der Waals surface area contributed by atoms with Crippen LogP contribution in [0.5, 0.6) is 0 Å². The first kappa shape index (κ1) is 10.7. The maximum Gasteiger partial charge on any atom is 0.417 e. The van der Waals surface area contributed by atoms with Gasteiger partial charge in [0.15, 0.2) is 5.43 Å². The molecule has 0 bridgehead atoms. The maximum absolute atomic E-state index is 12.6. The first-order valence-electron chi connectivity index (χ1n) is 4.59. The number of aromatic amines is 1. The number of aryl methyl sites for hydroxylation is 1. The van der Waals surface area contributed by atoms with E-state index in [1.807, 2.05) is 0 Å². The molecule has 2 rings (SSSR count). The van der Waals surface area contributed by atoms with Crippen molar-refractivity contribution in [2.75, 3.05) is 0 Å². The number of hydrogen-bond donors (Lipinski definition) is 1. The Balaban J connectivity index is 2.93. The lowest BCUT2D eigenvalue weighted by Crippen LogP contribution is -2.12. The van der Waals surface area contributed by atoms with E-state index >= 15 is 0 Å². The summed E-state index contributed by atoms with van der Waals surface area (Å²) in [4.78, 5) is 14.3. The van der Waals surface area contributed by atoms with Crippen molar-refractivity contribution in [3.63, 3.8) is 0 Å². The molecule has 0 aliphatic rings. The maximum atomic E-state index is 12.6. The van der Waals surface area contributed by atoms with Crippen LogP contribution < -0.4 is 5.43 Å². The minimum Gasteiger partial charge on any atom is -0.358 e. The SMILES string of the molecule is Cc1cc(=O)c2c(C(F)(F)F)cccc2[nH]1. The quantitative estimate of drug-likeness (QED) is 0.737. The largest absolute Gasteiger partial charge is 0.417 e. The van der Waals surface area contributed by atoms with E-state index in [9.17, 15) is 18.0 Å². The molecule has 0 unspecified atom stereocenters.